The first-order valence-electron chi connectivity index (χ1n) is 6.48. The van der Waals surface area contributed by atoms with Crippen LogP contribution in [0.25, 0.3) is 0 Å². The van der Waals surface area contributed by atoms with Crippen LogP contribution in [0.4, 0.5) is 0 Å². The molecule has 0 bridgehead atoms. The standard InChI is InChI=1S/C13H20BrN5/c1-4-10-13(14)11(18(3)17-10)8-19-6-5-16-12(19)7-9(2)15/h5-6,9H,4,7-8,15H2,1-3H3. The molecular weight excluding hydrogens is 306 g/mol. The summed E-state index contributed by atoms with van der Waals surface area (Å²) in [5.74, 6) is 1.01. The minimum atomic E-state index is 0.113. The lowest BCUT2D eigenvalue weighted by Crippen LogP contribution is -2.21. The van der Waals surface area contributed by atoms with Crippen LogP contribution in [-0.4, -0.2) is 25.4 Å². The summed E-state index contributed by atoms with van der Waals surface area (Å²) in [6.07, 6.45) is 5.51. The van der Waals surface area contributed by atoms with Crippen LogP contribution < -0.4 is 5.73 Å². The minimum Gasteiger partial charge on any atom is -0.329 e. The van der Waals surface area contributed by atoms with E-state index in [1.165, 1.54) is 0 Å². The Hall–Kier alpha value is -1.14. The van der Waals surface area contributed by atoms with Crippen molar-refractivity contribution in [3.8, 4) is 0 Å². The van der Waals surface area contributed by atoms with Gasteiger partial charge < -0.3 is 10.3 Å². The van der Waals surface area contributed by atoms with Gasteiger partial charge in [-0.25, -0.2) is 4.98 Å². The molecule has 6 heteroatoms. The molecule has 0 saturated carbocycles. The van der Waals surface area contributed by atoms with Crippen molar-refractivity contribution in [1.82, 2.24) is 19.3 Å². The number of hydrogen-bond donors (Lipinski definition) is 1. The molecule has 0 amide bonds. The molecule has 0 fully saturated rings. The minimum absolute atomic E-state index is 0.113. The van der Waals surface area contributed by atoms with E-state index >= 15 is 0 Å². The van der Waals surface area contributed by atoms with Crippen LogP contribution in [0.3, 0.4) is 0 Å². The number of aromatic nitrogens is 4. The van der Waals surface area contributed by atoms with Crippen molar-refractivity contribution in [2.75, 3.05) is 0 Å². The van der Waals surface area contributed by atoms with Gasteiger partial charge in [-0.3, -0.25) is 4.68 Å². The summed E-state index contributed by atoms with van der Waals surface area (Å²) in [4.78, 5) is 4.38. The molecule has 5 nitrogen and oxygen atoms in total. The normalized spacial score (nSPS) is 12.9. The van der Waals surface area contributed by atoms with Gasteiger partial charge in [-0.2, -0.15) is 5.10 Å². The van der Waals surface area contributed by atoms with Crippen molar-refractivity contribution in [3.05, 3.63) is 34.1 Å². The molecule has 0 aromatic carbocycles. The molecule has 104 valence electrons. The van der Waals surface area contributed by atoms with E-state index in [2.05, 4.69) is 37.5 Å². The largest absolute Gasteiger partial charge is 0.329 e. The van der Waals surface area contributed by atoms with Gasteiger partial charge in [0.05, 0.1) is 22.4 Å². The Morgan fingerprint density at radius 1 is 1.47 bits per heavy atom. The van der Waals surface area contributed by atoms with Crippen LogP contribution >= 0.6 is 15.9 Å². The van der Waals surface area contributed by atoms with E-state index in [-0.39, 0.29) is 6.04 Å². The maximum atomic E-state index is 5.85. The van der Waals surface area contributed by atoms with Crippen molar-refractivity contribution < 1.29 is 0 Å². The summed E-state index contributed by atoms with van der Waals surface area (Å²) in [6.45, 7) is 4.86. The Morgan fingerprint density at radius 3 is 2.79 bits per heavy atom. The zero-order valence-electron chi connectivity index (χ0n) is 11.6. The highest BCUT2D eigenvalue weighted by atomic mass is 79.9. The SMILES string of the molecule is CCc1nn(C)c(Cn2ccnc2CC(C)N)c1Br. The van der Waals surface area contributed by atoms with Gasteiger partial charge in [-0.15, -0.1) is 0 Å². The highest BCUT2D eigenvalue weighted by molar-refractivity contribution is 9.10. The number of hydrogen-bond acceptors (Lipinski definition) is 3. The van der Waals surface area contributed by atoms with Gasteiger partial charge in [0.1, 0.15) is 5.82 Å². The summed E-state index contributed by atoms with van der Waals surface area (Å²) in [5.41, 5.74) is 8.09. The van der Waals surface area contributed by atoms with Gasteiger partial charge >= 0.3 is 0 Å². The molecule has 1 atom stereocenters. The predicted octanol–water partition coefficient (Wildman–Crippen LogP) is 1.88. The van der Waals surface area contributed by atoms with Crippen molar-refractivity contribution in [2.24, 2.45) is 12.8 Å². The number of nitrogens with two attached hydrogens (primary N) is 1. The summed E-state index contributed by atoms with van der Waals surface area (Å²) in [5, 5.41) is 4.51. The Labute approximate surface area is 121 Å². The van der Waals surface area contributed by atoms with E-state index in [0.717, 1.165) is 41.1 Å². The molecule has 0 spiro atoms. The second kappa shape index (κ2) is 5.88. The third-order valence-corrected chi connectivity index (χ3v) is 4.04. The molecular formula is C13H20BrN5. The van der Waals surface area contributed by atoms with Gasteiger partial charge in [0.25, 0.3) is 0 Å². The third kappa shape index (κ3) is 3.06. The Bertz CT molecular complexity index is 555. The van der Waals surface area contributed by atoms with E-state index in [1.807, 2.05) is 31.0 Å². The van der Waals surface area contributed by atoms with Crippen LogP contribution in [0, 0.1) is 0 Å². The van der Waals surface area contributed by atoms with Crippen LogP contribution in [0.2, 0.25) is 0 Å². The maximum absolute atomic E-state index is 5.85. The van der Waals surface area contributed by atoms with E-state index < -0.39 is 0 Å². The van der Waals surface area contributed by atoms with E-state index in [4.69, 9.17) is 5.73 Å². The number of imidazole rings is 1. The average Bonchev–Trinajstić information content (AvgIpc) is 2.88. The Kier molecular flexibility index (Phi) is 4.42. The number of rotatable bonds is 5. The topological polar surface area (TPSA) is 61.7 Å². The maximum Gasteiger partial charge on any atom is 0.110 e. The number of halogens is 1. The smallest absolute Gasteiger partial charge is 0.110 e. The highest BCUT2D eigenvalue weighted by Crippen LogP contribution is 2.22. The van der Waals surface area contributed by atoms with Crippen molar-refractivity contribution >= 4 is 15.9 Å². The van der Waals surface area contributed by atoms with Crippen molar-refractivity contribution in [1.29, 1.82) is 0 Å². The second-order valence-electron chi connectivity index (χ2n) is 4.84. The molecule has 2 rings (SSSR count). The zero-order valence-corrected chi connectivity index (χ0v) is 13.2. The first-order valence-corrected chi connectivity index (χ1v) is 7.28. The molecule has 0 saturated heterocycles. The summed E-state index contributed by atoms with van der Waals surface area (Å²) in [7, 11) is 1.97. The Morgan fingerprint density at radius 2 is 2.21 bits per heavy atom. The van der Waals surface area contributed by atoms with Gasteiger partial charge in [-0.1, -0.05) is 6.92 Å². The van der Waals surface area contributed by atoms with Crippen LogP contribution in [0.1, 0.15) is 31.1 Å². The van der Waals surface area contributed by atoms with Crippen molar-refractivity contribution in [2.45, 2.75) is 39.3 Å². The van der Waals surface area contributed by atoms with Crippen LogP contribution in [0.15, 0.2) is 16.9 Å². The van der Waals surface area contributed by atoms with Crippen LogP contribution in [0.5, 0.6) is 0 Å². The van der Waals surface area contributed by atoms with Crippen molar-refractivity contribution in [3.63, 3.8) is 0 Å². The van der Waals surface area contributed by atoms with Gasteiger partial charge in [0.2, 0.25) is 0 Å². The number of aryl methyl sites for hydroxylation is 2. The second-order valence-corrected chi connectivity index (χ2v) is 5.63. The molecule has 2 aromatic rings. The first-order chi connectivity index (χ1) is 9.02. The fraction of sp³-hybridized carbons (Fsp3) is 0.538. The quantitative estimate of drug-likeness (QED) is 0.913. The highest BCUT2D eigenvalue weighted by Gasteiger charge is 2.14. The fourth-order valence-corrected chi connectivity index (χ4v) is 2.86. The van der Waals surface area contributed by atoms with Gasteiger partial charge in [0, 0.05) is 31.9 Å². The molecule has 0 aliphatic carbocycles. The summed E-state index contributed by atoms with van der Waals surface area (Å²) < 4.78 is 5.15. The molecule has 1 unspecified atom stereocenters. The molecule has 19 heavy (non-hydrogen) atoms. The summed E-state index contributed by atoms with van der Waals surface area (Å²) >= 11 is 3.64. The third-order valence-electron chi connectivity index (χ3n) is 3.13. The Balaban J connectivity index is 2.26. The van der Waals surface area contributed by atoms with E-state index in [1.54, 1.807) is 0 Å². The molecule has 0 radical (unpaired) electrons. The lowest BCUT2D eigenvalue weighted by Gasteiger charge is -2.10. The van der Waals surface area contributed by atoms with Gasteiger partial charge in [-0.05, 0) is 29.3 Å². The summed E-state index contributed by atoms with van der Waals surface area (Å²) in [6, 6.07) is 0.113. The van der Waals surface area contributed by atoms with E-state index in [0.29, 0.717) is 0 Å². The molecule has 2 heterocycles. The van der Waals surface area contributed by atoms with Gasteiger partial charge in [0.15, 0.2) is 0 Å². The molecule has 2 N–H and O–H groups in total. The van der Waals surface area contributed by atoms with E-state index in [9.17, 15) is 0 Å². The lowest BCUT2D eigenvalue weighted by atomic mass is 10.2. The molecule has 0 aliphatic rings. The van der Waals surface area contributed by atoms with Crippen LogP contribution in [-0.2, 0) is 26.4 Å². The predicted molar refractivity (Wildman–Crippen MR) is 79.0 cm³/mol. The number of nitrogens with zero attached hydrogens (tertiary/aromatic N) is 4. The zero-order chi connectivity index (χ0) is 14.0. The monoisotopic (exact) mass is 325 g/mol. The first kappa shape index (κ1) is 14.3. The average molecular weight is 326 g/mol. The lowest BCUT2D eigenvalue weighted by molar-refractivity contribution is 0.614. The molecule has 2 aromatic heterocycles. The fourth-order valence-electron chi connectivity index (χ4n) is 2.11. The molecule has 0 aliphatic heterocycles.